The molecule has 0 amide bonds. The Morgan fingerprint density at radius 3 is 2.67 bits per heavy atom. The van der Waals surface area contributed by atoms with Gasteiger partial charge in [-0.2, -0.15) is 0 Å². The summed E-state index contributed by atoms with van der Waals surface area (Å²) in [7, 11) is 0. The van der Waals surface area contributed by atoms with Gasteiger partial charge in [-0.3, -0.25) is 4.90 Å². The Morgan fingerprint density at radius 1 is 1.20 bits per heavy atom. The van der Waals surface area contributed by atoms with Gasteiger partial charge < -0.3 is 5.32 Å². The van der Waals surface area contributed by atoms with Crippen molar-refractivity contribution < 1.29 is 0 Å². The van der Waals surface area contributed by atoms with Crippen LogP contribution in [-0.4, -0.2) is 36.6 Å². The Kier molecular flexibility index (Phi) is 4.45. The molecule has 88 valence electrons. The average Bonchev–Trinajstić information content (AvgIpc) is 3.09. The second-order valence-corrected chi connectivity index (χ2v) is 5.23. The van der Waals surface area contributed by atoms with Crippen molar-refractivity contribution in [1.29, 1.82) is 0 Å². The van der Waals surface area contributed by atoms with Crippen molar-refractivity contribution in [2.75, 3.05) is 19.6 Å². The van der Waals surface area contributed by atoms with E-state index in [1.165, 1.54) is 64.6 Å². The number of unbranched alkanes of at least 4 members (excludes halogenated alkanes) is 1. The number of rotatable bonds is 6. The molecule has 0 spiro atoms. The molecular weight excluding hydrogens is 184 g/mol. The zero-order valence-electron chi connectivity index (χ0n) is 10.2. The summed E-state index contributed by atoms with van der Waals surface area (Å²) in [6, 6.07) is 1.73. The summed E-state index contributed by atoms with van der Waals surface area (Å²) in [4.78, 5) is 2.74. The summed E-state index contributed by atoms with van der Waals surface area (Å²) in [5.41, 5.74) is 0. The number of hydrogen-bond acceptors (Lipinski definition) is 2. The van der Waals surface area contributed by atoms with Crippen molar-refractivity contribution in [2.45, 2.75) is 64.0 Å². The molecule has 1 aliphatic carbocycles. The molecule has 1 unspecified atom stereocenters. The standard InChI is InChI=1S/C13H26N2/c1-2-3-10-15(13-7-8-13)11-12-6-4-5-9-14-12/h12-14H,2-11H2,1H3. The first-order valence-corrected chi connectivity index (χ1v) is 6.87. The minimum atomic E-state index is 0.788. The fourth-order valence-corrected chi connectivity index (χ4v) is 2.59. The Bertz CT molecular complexity index is 171. The summed E-state index contributed by atoms with van der Waals surface area (Å²) in [6.45, 7) is 6.19. The van der Waals surface area contributed by atoms with Crippen LogP contribution in [-0.2, 0) is 0 Å². The highest BCUT2D eigenvalue weighted by Gasteiger charge is 2.30. The quantitative estimate of drug-likeness (QED) is 0.724. The first-order valence-electron chi connectivity index (χ1n) is 6.87. The third-order valence-electron chi connectivity index (χ3n) is 3.73. The van der Waals surface area contributed by atoms with Gasteiger partial charge in [-0.15, -0.1) is 0 Å². The van der Waals surface area contributed by atoms with E-state index in [2.05, 4.69) is 17.1 Å². The normalized spacial score (nSPS) is 27.2. The fourth-order valence-electron chi connectivity index (χ4n) is 2.59. The Morgan fingerprint density at radius 2 is 2.07 bits per heavy atom. The average molecular weight is 210 g/mol. The molecule has 0 bridgehead atoms. The van der Waals surface area contributed by atoms with E-state index in [-0.39, 0.29) is 0 Å². The Labute approximate surface area is 94.4 Å². The van der Waals surface area contributed by atoms with Crippen LogP contribution in [0.3, 0.4) is 0 Å². The van der Waals surface area contributed by atoms with Gasteiger partial charge in [-0.05, 0) is 45.2 Å². The third-order valence-corrected chi connectivity index (χ3v) is 3.73. The molecule has 1 atom stereocenters. The molecule has 2 heteroatoms. The van der Waals surface area contributed by atoms with Crippen LogP contribution in [0.5, 0.6) is 0 Å². The minimum absolute atomic E-state index is 0.788. The van der Waals surface area contributed by atoms with Crippen LogP contribution in [0.1, 0.15) is 51.9 Å². The van der Waals surface area contributed by atoms with E-state index in [9.17, 15) is 0 Å². The summed E-state index contributed by atoms with van der Waals surface area (Å²) >= 11 is 0. The smallest absolute Gasteiger partial charge is 0.0195 e. The summed E-state index contributed by atoms with van der Waals surface area (Å²) in [5, 5.41) is 3.67. The maximum Gasteiger partial charge on any atom is 0.0195 e. The van der Waals surface area contributed by atoms with Crippen LogP contribution in [0, 0.1) is 0 Å². The first kappa shape index (κ1) is 11.4. The largest absolute Gasteiger partial charge is 0.313 e. The maximum atomic E-state index is 3.67. The molecule has 2 aliphatic rings. The lowest BCUT2D eigenvalue weighted by Gasteiger charge is -2.30. The van der Waals surface area contributed by atoms with Gasteiger partial charge in [-0.25, -0.2) is 0 Å². The second kappa shape index (κ2) is 5.86. The van der Waals surface area contributed by atoms with E-state index in [1.54, 1.807) is 0 Å². The van der Waals surface area contributed by atoms with E-state index in [0.29, 0.717) is 0 Å². The topological polar surface area (TPSA) is 15.3 Å². The molecule has 0 aromatic rings. The zero-order chi connectivity index (χ0) is 10.5. The van der Waals surface area contributed by atoms with Gasteiger partial charge in [0.1, 0.15) is 0 Å². The first-order chi connectivity index (χ1) is 7.40. The molecule has 1 saturated heterocycles. The molecule has 1 aliphatic heterocycles. The highest BCUT2D eigenvalue weighted by Crippen LogP contribution is 2.27. The van der Waals surface area contributed by atoms with E-state index in [4.69, 9.17) is 0 Å². The Hall–Kier alpha value is -0.0800. The van der Waals surface area contributed by atoms with Crippen molar-refractivity contribution in [3.8, 4) is 0 Å². The SMILES string of the molecule is CCCCN(CC1CCCCN1)C1CC1. The third kappa shape index (κ3) is 3.76. The molecule has 2 nitrogen and oxygen atoms in total. The van der Waals surface area contributed by atoms with Crippen molar-refractivity contribution in [1.82, 2.24) is 10.2 Å². The molecule has 1 heterocycles. The van der Waals surface area contributed by atoms with E-state index in [1.807, 2.05) is 0 Å². The summed E-state index contributed by atoms with van der Waals surface area (Å²) < 4.78 is 0. The van der Waals surface area contributed by atoms with Gasteiger partial charge in [0.2, 0.25) is 0 Å². The fraction of sp³-hybridized carbons (Fsp3) is 1.00. The maximum absolute atomic E-state index is 3.67. The predicted octanol–water partition coefficient (Wildman–Crippen LogP) is 2.39. The van der Waals surface area contributed by atoms with Gasteiger partial charge in [0.05, 0.1) is 0 Å². The van der Waals surface area contributed by atoms with Gasteiger partial charge in [-0.1, -0.05) is 19.8 Å². The lowest BCUT2D eigenvalue weighted by atomic mass is 10.0. The molecule has 2 fully saturated rings. The lowest BCUT2D eigenvalue weighted by Crippen LogP contribution is -2.44. The number of piperidine rings is 1. The molecule has 0 aromatic carbocycles. The molecule has 0 aromatic heterocycles. The number of hydrogen-bond donors (Lipinski definition) is 1. The lowest BCUT2D eigenvalue weighted by molar-refractivity contribution is 0.213. The zero-order valence-corrected chi connectivity index (χ0v) is 10.2. The summed E-state index contributed by atoms with van der Waals surface area (Å²) in [6.07, 6.45) is 9.84. The Balaban J connectivity index is 1.72. The molecular formula is C13H26N2. The summed E-state index contributed by atoms with van der Waals surface area (Å²) in [5.74, 6) is 0. The predicted molar refractivity (Wildman–Crippen MR) is 65.1 cm³/mol. The van der Waals surface area contributed by atoms with E-state index >= 15 is 0 Å². The van der Waals surface area contributed by atoms with Crippen molar-refractivity contribution in [3.63, 3.8) is 0 Å². The van der Waals surface area contributed by atoms with Crippen molar-refractivity contribution in [2.24, 2.45) is 0 Å². The van der Waals surface area contributed by atoms with Crippen molar-refractivity contribution in [3.05, 3.63) is 0 Å². The van der Waals surface area contributed by atoms with E-state index < -0.39 is 0 Å². The van der Waals surface area contributed by atoms with Gasteiger partial charge in [0.15, 0.2) is 0 Å². The highest BCUT2D eigenvalue weighted by atomic mass is 15.2. The molecule has 0 radical (unpaired) electrons. The van der Waals surface area contributed by atoms with Crippen LogP contribution >= 0.6 is 0 Å². The van der Waals surface area contributed by atoms with Crippen LogP contribution < -0.4 is 5.32 Å². The van der Waals surface area contributed by atoms with Gasteiger partial charge >= 0.3 is 0 Å². The molecule has 15 heavy (non-hydrogen) atoms. The molecule has 2 rings (SSSR count). The minimum Gasteiger partial charge on any atom is -0.313 e. The van der Waals surface area contributed by atoms with Crippen LogP contribution in [0.15, 0.2) is 0 Å². The van der Waals surface area contributed by atoms with Gasteiger partial charge in [0, 0.05) is 18.6 Å². The van der Waals surface area contributed by atoms with Crippen LogP contribution in [0.4, 0.5) is 0 Å². The molecule has 1 saturated carbocycles. The van der Waals surface area contributed by atoms with Crippen molar-refractivity contribution >= 4 is 0 Å². The second-order valence-electron chi connectivity index (χ2n) is 5.23. The highest BCUT2D eigenvalue weighted by molar-refractivity contribution is 4.87. The monoisotopic (exact) mass is 210 g/mol. The number of nitrogens with one attached hydrogen (secondary N) is 1. The van der Waals surface area contributed by atoms with Crippen LogP contribution in [0.25, 0.3) is 0 Å². The van der Waals surface area contributed by atoms with Crippen LogP contribution in [0.2, 0.25) is 0 Å². The van der Waals surface area contributed by atoms with Gasteiger partial charge in [0.25, 0.3) is 0 Å². The van der Waals surface area contributed by atoms with E-state index in [0.717, 1.165) is 12.1 Å². The number of nitrogens with zero attached hydrogens (tertiary/aromatic N) is 1. The molecule has 1 N–H and O–H groups in total.